The highest BCUT2D eigenvalue weighted by molar-refractivity contribution is 5.31. The summed E-state index contributed by atoms with van der Waals surface area (Å²) in [5.41, 5.74) is -0.614. The van der Waals surface area contributed by atoms with Crippen LogP contribution in [-0.2, 0) is 9.47 Å². The van der Waals surface area contributed by atoms with Crippen molar-refractivity contribution < 1.29 is 24.8 Å². The van der Waals surface area contributed by atoms with Crippen LogP contribution in [0.15, 0.2) is 17.1 Å². The van der Waals surface area contributed by atoms with Gasteiger partial charge in [0.25, 0.3) is 0 Å². The van der Waals surface area contributed by atoms with Gasteiger partial charge in [0.2, 0.25) is 0 Å². The Morgan fingerprint density at radius 3 is 2.67 bits per heavy atom. The lowest BCUT2D eigenvalue weighted by Gasteiger charge is -2.26. The fraction of sp³-hybridized carbons (Fsp3) is 0.714. The molecule has 0 radical (unpaired) electrons. The molecule has 134 valence electrons. The van der Waals surface area contributed by atoms with Gasteiger partial charge in [-0.3, -0.25) is 9.47 Å². The van der Waals surface area contributed by atoms with Gasteiger partial charge in [-0.2, -0.15) is 4.98 Å². The molecule has 2 fully saturated rings. The minimum Gasteiger partial charge on any atom is -0.394 e. The van der Waals surface area contributed by atoms with Crippen LogP contribution in [0.3, 0.4) is 0 Å². The van der Waals surface area contributed by atoms with Gasteiger partial charge in [0.1, 0.15) is 24.1 Å². The highest BCUT2D eigenvalue weighted by Gasteiger charge is 2.43. The largest absolute Gasteiger partial charge is 0.394 e. The fourth-order valence-corrected chi connectivity index (χ4v) is 2.77. The average Bonchev–Trinajstić information content (AvgIpc) is 2.89. The van der Waals surface area contributed by atoms with Crippen molar-refractivity contribution in [2.75, 3.05) is 44.9 Å². The van der Waals surface area contributed by atoms with E-state index in [0.29, 0.717) is 25.7 Å². The first-order chi connectivity index (χ1) is 11.6. The number of aliphatic hydroxyl groups excluding tert-OH is 3. The van der Waals surface area contributed by atoms with Gasteiger partial charge in [-0.1, -0.05) is 0 Å². The van der Waals surface area contributed by atoms with Crippen molar-refractivity contribution in [3.05, 3.63) is 22.7 Å². The third kappa shape index (κ3) is 3.58. The van der Waals surface area contributed by atoms with Crippen LogP contribution in [0.2, 0.25) is 0 Å². The zero-order valence-electron chi connectivity index (χ0n) is 13.1. The molecule has 0 spiro atoms. The number of rotatable bonds is 5. The number of nitrogens with zero attached hydrogens (tertiary/aromatic N) is 3. The van der Waals surface area contributed by atoms with Crippen LogP contribution >= 0.6 is 0 Å². The van der Waals surface area contributed by atoms with Crippen LogP contribution in [-0.4, -0.2) is 87.7 Å². The van der Waals surface area contributed by atoms with Crippen molar-refractivity contribution in [1.29, 1.82) is 0 Å². The van der Waals surface area contributed by atoms with Crippen LogP contribution in [0.4, 0.5) is 5.82 Å². The second kappa shape index (κ2) is 7.55. The normalized spacial score (nSPS) is 31.3. The van der Waals surface area contributed by atoms with Crippen LogP contribution in [0.1, 0.15) is 6.23 Å². The lowest BCUT2D eigenvalue weighted by atomic mass is 10.1. The molecule has 3 rings (SSSR count). The number of morpholine rings is 1. The molecule has 0 bridgehead atoms. The van der Waals surface area contributed by atoms with Gasteiger partial charge in [-0.05, 0) is 6.07 Å². The number of aliphatic hydroxyl groups is 3. The number of hydrogen-bond donors (Lipinski definition) is 4. The predicted octanol–water partition coefficient (Wildman–Crippen LogP) is -2.44. The zero-order valence-corrected chi connectivity index (χ0v) is 13.1. The van der Waals surface area contributed by atoms with E-state index in [1.54, 1.807) is 6.07 Å². The molecule has 4 atom stereocenters. The summed E-state index contributed by atoms with van der Waals surface area (Å²) in [5, 5.41) is 31.9. The number of nitrogens with one attached hydrogen (secondary N) is 1. The Bertz CT molecular complexity index is 605. The molecule has 2 saturated heterocycles. The van der Waals surface area contributed by atoms with Crippen molar-refractivity contribution in [2.24, 2.45) is 0 Å². The van der Waals surface area contributed by atoms with Crippen LogP contribution in [0, 0.1) is 0 Å². The molecule has 1 aromatic rings. The Kier molecular flexibility index (Phi) is 5.43. The molecule has 0 aromatic carbocycles. The second-order valence-corrected chi connectivity index (χ2v) is 5.80. The monoisotopic (exact) mass is 342 g/mol. The number of hydrogen-bond acceptors (Lipinski definition) is 9. The van der Waals surface area contributed by atoms with E-state index in [1.807, 2.05) is 0 Å². The predicted molar refractivity (Wildman–Crippen MR) is 82.4 cm³/mol. The summed E-state index contributed by atoms with van der Waals surface area (Å²) in [4.78, 5) is 18.2. The van der Waals surface area contributed by atoms with E-state index in [2.05, 4.69) is 15.2 Å². The van der Waals surface area contributed by atoms with Crippen molar-refractivity contribution >= 4 is 5.82 Å². The summed E-state index contributed by atoms with van der Waals surface area (Å²) >= 11 is 0. The number of ether oxygens (including phenoxy) is 2. The van der Waals surface area contributed by atoms with Crippen LogP contribution in [0.25, 0.3) is 0 Å². The summed E-state index contributed by atoms with van der Waals surface area (Å²) < 4.78 is 11.7. The number of anilines is 1. The van der Waals surface area contributed by atoms with Crippen molar-refractivity contribution in [1.82, 2.24) is 14.5 Å². The molecular weight excluding hydrogens is 320 g/mol. The molecule has 24 heavy (non-hydrogen) atoms. The van der Waals surface area contributed by atoms with Gasteiger partial charge in [-0.15, -0.1) is 0 Å². The van der Waals surface area contributed by atoms with Crippen molar-refractivity contribution in [2.45, 2.75) is 24.5 Å². The Balaban J connectivity index is 1.65. The molecule has 0 aliphatic carbocycles. The minimum absolute atomic E-state index is 0.412. The van der Waals surface area contributed by atoms with E-state index in [1.165, 1.54) is 6.20 Å². The maximum Gasteiger partial charge on any atom is 0.351 e. The Morgan fingerprint density at radius 1 is 1.29 bits per heavy atom. The van der Waals surface area contributed by atoms with Gasteiger partial charge in [-0.25, -0.2) is 4.79 Å². The lowest BCUT2D eigenvalue weighted by Crippen LogP contribution is -2.40. The lowest BCUT2D eigenvalue weighted by molar-refractivity contribution is -0.0549. The maximum absolute atomic E-state index is 12.2. The van der Waals surface area contributed by atoms with Gasteiger partial charge < -0.3 is 30.1 Å². The Labute approximate surface area is 138 Å². The standard InChI is InChI=1S/C14H22N4O6/c19-7-9-11(20)12(21)13(24-9)18-2-1-10(16-14(18)22)15-8-17-3-5-23-6-4-17/h1-2,9,11-13,19-21H,3-8H2,(H,15,16,22)/t9-,11+,12?,13-/m1/s1. The Hall–Kier alpha value is -1.56. The van der Waals surface area contributed by atoms with Gasteiger partial charge in [0, 0.05) is 19.3 Å². The first kappa shape index (κ1) is 17.3. The van der Waals surface area contributed by atoms with Gasteiger partial charge in [0.15, 0.2) is 6.23 Å². The molecular formula is C14H22N4O6. The highest BCUT2D eigenvalue weighted by atomic mass is 16.6. The topological polar surface area (TPSA) is 129 Å². The minimum atomic E-state index is -1.31. The molecule has 10 nitrogen and oxygen atoms in total. The quantitative estimate of drug-likeness (QED) is 0.461. The zero-order chi connectivity index (χ0) is 17.1. The second-order valence-electron chi connectivity index (χ2n) is 5.80. The van der Waals surface area contributed by atoms with E-state index < -0.39 is 36.8 Å². The summed E-state index contributed by atoms with van der Waals surface area (Å²) in [5.74, 6) is 0.412. The maximum atomic E-state index is 12.2. The smallest absolute Gasteiger partial charge is 0.351 e. The van der Waals surface area contributed by atoms with E-state index in [4.69, 9.17) is 14.6 Å². The fourth-order valence-electron chi connectivity index (χ4n) is 2.77. The van der Waals surface area contributed by atoms with E-state index in [9.17, 15) is 15.0 Å². The van der Waals surface area contributed by atoms with E-state index >= 15 is 0 Å². The summed E-state index contributed by atoms with van der Waals surface area (Å²) in [6.45, 7) is 3.09. The molecule has 0 amide bonds. The Morgan fingerprint density at radius 2 is 2.04 bits per heavy atom. The molecule has 4 N–H and O–H groups in total. The van der Waals surface area contributed by atoms with E-state index in [0.717, 1.165) is 17.7 Å². The summed E-state index contributed by atoms with van der Waals surface area (Å²) in [7, 11) is 0. The SMILES string of the molecule is O=c1nc(NCN2CCOCC2)ccn1[C@@H]1O[C@H](CO)[C@H](O)C1O. The molecule has 2 aliphatic heterocycles. The van der Waals surface area contributed by atoms with Gasteiger partial charge >= 0.3 is 5.69 Å². The molecule has 3 heterocycles. The average molecular weight is 342 g/mol. The molecule has 1 unspecified atom stereocenters. The summed E-state index contributed by atoms with van der Waals surface area (Å²) in [6, 6.07) is 1.59. The first-order valence-electron chi connectivity index (χ1n) is 7.86. The number of aromatic nitrogens is 2. The molecule has 1 aromatic heterocycles. The first-order valence-corrected chi connectivity index (χ1v) is 7.86. The molecule has 10 heteroatoms. The molecule has 0 saturated carbocycles. The van der Waals surface area contributed by atoms with Gasteiger partial charge in [0.05, 0.1) is 26.5 Å². The van der Waals surface area contributed by atoms with Crippen LogP contribution < -0.4 is 11.0 Å². The van der Waals surface area contributed by atoms with Crippen molar-refractivity contribution in [3.8, 4) is 0 Å². The van der Waals surface area contributed by atoms with E-state index in [-0.39, 0.29) is 0 Å². The van der Waals surface area contributed by atoms with Crippen LogP contribution in [0.5, 0.6) is 0 Å². The molecule has 2 aliphatic rings. The highest BCUT2D eigenvalue weighted by Crippen LogP contribution is 2.28. The third-order valence-corrected chi connectivity index (χ3v) is 4.21. The summed E-state index contributed by atoms with van der Waals surface area (Å²) in [6.07, 6.45) is -3.14. The third-order valence-electron chi connectivity index (χ3n) is 4.21. The van der Waals surface area contributed by atoms with Crippen molar-refractivity contribution in [3.63, 3.8) is 0 Å².